The molecule has 0 atom stereocenters. The molecule has 0 saturated carbocycles. The number of aryl methyl sites for hydroxylation is 2. The van der Waals surface area contributed by atoms with E-state index in [2.05, 4.69) is 169 Å². The number of fused-ring (bicyclic) bond motifs is 8. The Hall–Kier alpha value is -5.68. The Bertz CT molecular complexity index is 3050. The summed E-state index contributed by atoms with van der Waals surface area (Å²) in [6.07, 6.45) is 0. The fourth-order valence-electron chi connectivity index (χ4n) is 8.80. The number of thiophene rings is 2. The van der Waals surface area contributed by atoms with Crippen molar-refractivity contribution in [1.82, 2.24) is 9.13 Å². The maximum absolute atomic E-state index is 2.55. The number of aromatic nitrogens is 2. The predicted octanol–water partition coefficient (Wildman–Crippen LogP) is 14.6. The third kappa shape index (κ3) is 4.22. The highest BCUT2D eigenvalue weighted by atomic mass is 32.1. The van der Waals surface area contributed by atoms with Gasteiger partial charge in [0.25, 0.3) is 0 Å². The molecule has 2 nitrogen and oxygen atoms in total. The smallest absolute Gasteiger partial charge is 0.0498 e. The lowest BCUT2D eigenvalue weighted by molar-refractivity contribution is 0.817. The van der Waals surface area contributed by atoms with Crippen LogP contribution in [0.25, 0.3) is 106 Å². The maximum Gasteiger partial charge on any atom is 0.0498 e. The molecule has 0 fully saturated rings. The molecule has 0 aliphatic heterocycles. The van der Waals surface area contributed by atoms with Crippen molar-refractivity contribution in [3.05, 3.63) is 146 Å². The SMILES string of the molecule is CCn1c2cc3c(cccc3n(CC)c3cc4c(cccc41)cc3-c1cccc3c1sc1ccccc13)cc2-c1cccc2c1sc1ccccc12. The van der Waals surface area contributed by atoms with E-state index in [4.69, 9.17) is 0 Å². The summed E-state index contributed by atoms with van der Waals surface area (Å²) in [5.74, 6) is 0. The minimum absolute atomic E-state index is 0.845. The number of hydrogen-bond donors (Lipinski definition) is 0. The predicted molar refractivity (Wildman–Crippen MR) is 229 cm³/mol. The second-order valence-corrected chi connectivity index (χ2v) is 15.9. The van der Waals surface area contributed by atoms with E-state index in [1.807, 2.05) is 22.7 Å². The van der Waals surface area contributed by atoms with Gasteiger partial charge in [-0.15, -0.1) is 22.7 Å². The molecule has 0 aliphatic carbocycles. The lowest BCUT2D eigenvalue weighted by atomic mass is 9.95. The Morgan fingerprint density at radius 1 is 0.365 bits per heavy atom. The average Bonchev–Trinajstić information content (AvgIpc) is 3.77. The van der Waals surface area contributed by atoms with Gasteiger partial charge in [0.15, 0.2) is 0 Å². The van der Waals surface area contributed by atoms with Gasteiger partial charge in [0.2, 0.25) is 0 Å². The lowest BCUT2D eigenvalue weighted by Crippen LogP contribution is -2.04. The van der Waals surface area contributed by atoms with Crippen LogP contribution in [-0.2, 0) is 13.1 Å². The van der Waals surface area contributed by atoms with Gasteiger partial charge < -0.3 is 9.13 Å². The molecule has 3 heterocycles. The van der Waals surface area contributed by atoms with E-state index in [9.17, 15) is 0 Å². The van der Waals surface area contributed by atoms with Crippen LogP contribution in [0.15, 0.2) is 146 Å². The number of hydrogen-bond acceptors (Lipinski definition) is 2. The summed E-state index contributed by atoms with van der Waals surface area (Å²) in [7, 11) is 0. The summed E-state index contributed by atoms with van der Waals surface area (Å²) in [5, 5.41) is 10.4. The van der Waals surface area contributed by atoms with Gasteiger partial charge in [-0.3, -0.25) is 0 Å². The topological polar surface area (TPSA) is 9.86 Å². The first kappa shape index (κ1) is 30.0. The molecule has 11 aromatic rings. The molecule has 3 aromatic heterocycles. The molecular weight excluding hydrogens is 669 g/mol. The Labute approximate surface area is 309 Å². The maximum atomic E-state index is 2.55. The molecule has 0 N–H and O–H groups in total. The molecule has 4 bridgehead atoms. The van der Waals surface area contributed by atoms with Crippen LogP contribution in [0.1, 0.15) is 13.8 Å². The van der Waals surface area contributed by atoms with E-state index in [0.717, 1.165) is 13.1 Å². The first-order valence-electron chi connectivity index (χ1n) is 18.2. The summed E-state index contributed by atoms with van der Waals surface area (Å²) in [4.78, 5) is 0. The second kappa shape index (κ2) is 11.4. The van der Waals surface area contributed by atoms with Crippen molar-refractivity contribution in [2.75, 3.05) is 0 Å². The molecule has 0 radical (unpaired) electrons. The van der Waals surface area contributed by atoms with Crippen LogP contribution in [0.5, 0.6) is 0 Å². The minimum Gasteiger partial charge on any atom is -0.341 e. The molecule has 0 spiro atoms. The highest BCUT2D eigenvalue weighted by molar-refractivity contribution is 7.26. The van der Waals surface area contributed by atoms with E-state index < -0.39 is 0 Å². The van der Waals surface area contributed by atoms with Crippen LogP contribution in [0, 0.1) is 0 Å². The highest BCUT2D eigenvalue weighted by Gasteiger charge is 2.19. The molecule has 52 heavy (non-hydrogen) atoms. The number of nitrogens with zero attached hydrogens (tertiary/aromatic N) is 2. The molecule has 0 unspecified atom stereocenters. The fraction of sp³-hybridized carbons (Fsp3) is 0.0833. The van der Waals surface area contributed by atoms with Crippen LogP contribution < -0.4 is 0 Å². The van der Waals surface area contributed by atoms with E-state index in [-0.39, 0.29) is 0 Å². The summed E-state index contributed by atoms with van der Waals surface area (Å²) >= 11 is 3.81. The molecule has 0 amide bonds. The summed E-state index contributed by atoms with van der Waals surface area (Å²) in [6.45, 7) is 6.27. The van der Waals surface area contributed by atoms with Crippen molar-refractivity contribution in [3.8, 4) is 22.3 Å². The molecule has 8 aromatic carbocycles. The summed E-state index contributed by atoms with van der Waals surface area (Å²) < 4.78 is 10.5. The van der Waals surface area contributed by atoms with Crippen molar-refractivity contribution < 1.29 is 0 Å². The Morgan fingerprint density at radius 3 is 1.25 bits per heavy atom. The van der Waals surface area contributed by atoms with Gasteiger partial charge in [0.1, 0.15) is 0 Å². The monoisotopic (exact) mass is 702 g/mol. The van der Waals surface area contributed by atoms with Crippen LogP contribution in [0.4, 0.5) is 0 Å². The summed E-state index contributed by atoms with van der Waals surface area (Å²) in [5.41, 5.74) is 10.1. The van der Waals surface area contributed by atoms with Gasteiger partial charge in [0.05, 0.1) is 0 Å². The third-order valence-corrected chi connectivity index (χ3v) is 13.6. The van der Waals surface area contributed by atoms with Gasteiger partial charge in [0, 0.05) is 109 Å². The zero-order chi connectivity index (χ0) is 34.5. The van der Waals surface area contributed by atoms with Crippen molar-refractivity contribution in [3.63, 3.8) is 0 Å². The zero-order valence-corrected chi connectivity index (χ0v) is 30.6. The van der Waals surface area contributed by atoms with Crippen molar-refractivity contribution in [2.45, 2.75) is 26.9 Å². The van der Waals surface area contributed by atoms with Crippen molar-refractivity contribution in [1.29, 1.82) is 0 Å². The van der Waals surface area contributed by atoms with Crippen LogP contribution in [-0.4, -0.2) is 9.13 Å². The standard InChI is InChI=1S/C48H34N2S2/c1-3-49-41-21-9-13-29-26-40(36-20-12-18-34-32-16-6-8-24-46(32)52-48(34)36)44(28-37(29)41)50(4-2)42-22-10-14-30-25-39(43(49)27-38(30)42)35-19-11-17-33-31-15-5-7-23-45(31)51-47(33)35/h5-28H,3-4H2,1-2H3. The van der Waals surface area contributed by atoms with E-state index in [0.29, 0.717) is 0 Å². The average molecular weight is 703 g/mol. The van der Waals surface area contributed by atoms with E-state index in [1.165, 1.54) is 106 Å². The van der Waals surface area contributed by atoms with E-state index in [1.54, 1.807) is 0 Å². The van der Waals surface area contributed by atoms with Gasteiger partial charge in [-0.2, -0.15) is 0 Å². The highest BCUT2D eigenvalue weighted by Crippen LogP contribution is 2.45. The fourth-order valence-corrected chi connectivity index (χ4v) is 11.3. The molecule has 248 valence electrons. The van der Waals surface area contributed by atoms with Gasteiger partial charge in [-0.05, 0) is 73.2 Å². The Morgan fingerprint density at radius 2 is 0.788 bits per heavy atom. The molecule has 0 aliphatic rings. The van der Waals surface area contributed by atoms with Gasteiger partial charge >= 0.3 is 0 Å². The van der Waals surface area contributed by atoms with Gasteiger partial charge in [-0.1, -0.05) is 97.1 Å². The Kier molecular flexibility index (Phi) is 6.58. The molecule has 4 heteroatoms. The zero-order valence-electron chi connectivity index (χ0n) is 29.0. The Balaban J connectivity index is 1.32. The minimum atomic E-state index is 0.845. The normalized spacial score (nSPS) is 12.2. The number of benzene rings is 8. The lowest BCUT2D eigenvalue weighted by Gasteiger charge is -2.20. The van der Waals surface area contributed by atoms with Crippen LogP contribution >= 0.6 is 22.7 Å². The van der Waals surface area contributed by atoms with Crippen LogP contribution in [0.2, 0.25) is 0 Å². The van der Waals surface area contributed by atoms with Crippen molar-refractivity contribution >= 4 is 107 Å². The largest absolute Gasteiger partial charge is 0.341 e. The van der Waals surface area contributed by atoms with Gasteiger partial charge in [-0.25, -0.2) is 0 Å². The van der Waals surface area contributed by atoms with Crippen molar-refractivity contribution in [2.24, 2.45) is 0 Å². The van der Waals surface area contributed by atoms with Crippen LogP contribution in [0.3, 0.4) is 0 Å². The molecule has 11 rings (SSSR count). The third-order valence-electron chi connectivity index (χ3n) is 11.1. The first-order valence-corrected chi connectivity index (χ1v) is 19.8. The molecule has 0 saturated heterocycles. The second-order valence-electron chi connectivity index (χ2n) is 13.8. The van der Waals surface area contributed by atoms with E-state index >= 15 is 0 Å². The quantitative estimate of drug-likeness (QED) is 0.173. The molecular formula is C48H34N2S2. The number of rotatable bonds is 4. The first-order chi connectivity index (χ1) is 25.7. The summed E-state index contributed by atoms with van der Waals surface area (Å²) in [6, 6.07) is 54.9.